The van der Waals surface area contributed by atoms with E-state index < -0.39 is 11.7 Å². The first-order valence-corrected chi connectivity index (χ1v) is 10.7. The Morgan fingerprint density at radius 3 is 2.57 bits per heavy atom. The molecule has 2 aromatic rings. The Morgan fingerprint density at radius 2 is 1.83 bits per heavy atom. The molecule has 1 aromatic carbocycles. The lowest BCUT2D eigenvalue weighted by Gasteiger charge is -2.25. The summed E-state index contributed by atoms with van der Waals surface area (Å²) in [6.07, 6.45) is 4.27. The molecule has 0 bridgehead atoms. The molecule has 8 heteroatoms. The van der Waals surface area contributed by atoms with Crippen molar-refractivity contribution in [2.75, 3.05) is 6.54 Å². The lowest BCUT2D eigenvalue weighted by Crippen LogP contribution is -2.34. The van der Waals surface area contributed by atoms with E-state index in [1.807, 2.05) is 0 Å². The SMILES string of the molecule is O=C1S/C(=C/c2cccn2-c2cccc(C(F)(F)F)c2)C(=O)N1CC1CCCCC1. The van der Waals surface area contributed by atoms with Crippen LogP contribution in [0.2, 0.25) is 0 Å². The summed E-state index contributed by atoms with van der Waals surface area (Å²) in [4.78, 5) is 26.8. The van der Waals surface area contributed by atoms with Gasteiger partial charge in [-0.15, -0.1) is 0 Å². The molecule has 1 aromatic heterocycles. The van der Waals surface area contributed by atoms with Crippen molar-refractivity contribution in [3.8, 4) is 5.69 Å². The molecule has 0 atom stereocenters. The zero-order valence-electron chi connectivity index (χ0n) is 16.2. The predicted molar refractivity (Wildman–Crippen MR) is 110 cm³/mol. The molecule has 0 unspecified atom stereocenters. The van der Waals surface area contributed by atoms with Gasteiger partial charge in [0.1, 0.15) is 0 Å². The lowest BCUT2D eigenvalue weighted by atomic mass is 9.89. The van der Waals surface area contributed by atoms with E-state index >= 15 is 0 Å². The Labute approximate surface area is 176 Å². The van der Waals surface area contributed by atoms with Gasteiger partial charge in [0.2, 0.25) is 0 Å². The molecule has 4 rings (SSSR count). The van der Waals surface area contributed by atoms with Crippen LogP contribution in [0.3, 0.4) is 0 Å². The number of imide groups is 1. The number of carbonyl (C=O) groups is 2. The zero-order chi connectivity index (χ0) is 21.3. The molecule has 2 amide bonds. The van der Waals surface area contributed by atoms with Crippen molar-refractivity contribution in [3.05, 3.63) is 58.8 Å². The number of aromatic nitrogens is 1. The number of hydrogen-bond donors (Lipinski definition) is 0. The van der Waals surface area contributed by atoms with Crippen molar-refractivity contribution in [1.82, 2.24) is 9.47 Å². The van der Waals surface area contributed by atoms with Gasteiger partial charge in [0, 0.05) is 24.1 Å². The first-order valence-electron chi connectivity index (χ1n) is 9.93. The Bertz CT molecular complexity index is 990. The molecule has 158 valence electrons. The smallest absolute Gasteiger partial charge is 0.317 e. The summed E-state index contributed by atoms with van der Waals surface area (Å²) in [5.74, 6) is 0.0212. The highest BCUT2D eigenvalue weighted by Crippen LogP contribution is 2.35. The minimum absolute atomic E-state index is 0.283. The molecule has 1 saturated carbocycles. The Kier molecular flexibility index (Phi) is 5.77. The molecule has 1 aliphatic heterocycles. The highest BCUT2D eigenvalue weighted by molar-refractivity contribution is 8.18. The molecular formula is C22H21F3N2O2S. The summed E-state index contributed by atoms with van der Waals surface area (Å²) in [6, 6.07) is 8.39. The molecule has 1 saturated heterocycles. The predicted octanol–water partition coefficient (Wildman–Crippen LogP) is 6.11. The summed E-state index contributed by atoms with van der Waals surface area (Å²) in [5.41, 5.74) is 0.132. The van der Waals surface area contributed by atoms with E-state index in [0.29, 0.717) is 28.7 Å². The van der Waals surface area contributed by atoms with Gasteiger partial charge in [-0.1, -0.05) is 25.3 Å². The second-order valence-corrected chi connectivity index (χ2v) is 8.64. The maximum atomic E-state index is 13.1. The monoisotopic (exact) mass is 434 g/mol. The van der Waals surface area contributed by atoms with Gasteiger partial charge in [-0.3, -0.25) is 14.5 Å². The molecule has 2 fully saturated rings. The summed E-state index contributed by atoms with van der Waals surface area (Å²) >= 11 is 0.885. The molecule has 2 aliphatic rings. The fourth-order valence-electron chi connectivity index (χ4n) is 4.00. The highest BCUT2D eigenvalue weighted by atomic mass is 32.2. The standard InChI is InChI=1S/C22H21F3N2O2S/c23-22(24,25)16-8-4-9-17(12-16)26-11-5-10-18(26)13-19-20(28)27(21(29)30-19)14-15-6-2-1-3-7-15/h4-5,8-13,15H,1-3,6-7,14H2/b19-13+. The van der Waals surface area contributed by atoms with Gasteiger partial charge in [-0.05, 0) is 66.9 Å². The van der Waals surface area contributed by atoms with Gasteiger partial charge >= 0.3 is 6.18 Å². The average Bonchev–Trinajstić information content (AvgIpc) is 3.28. The highest BCUT2D eigenvalue weighted by Gasteiger charge is 2.36. The maximum absolute atomic E-state index is 13.1. The van der Waals surface area contributed by atoms with Gasteiger partial charge < -0.3 is 4.57 Å². The first kappa shape index (κ1) is 20.8. The Hall–Kier alpha value is -2.48. The zero-order valence-corrected chi connectivity index (χ0v) is 17.0. The number of carbonyl (C=O) groups excluding carboxylic acids is 2. The van der Waals surface area contributed by atoms with Crippen LogP contribution in [0.15, 0.2) is 47.5 Å². The van der Waals surface area contributed by atoms with E-state index in [4.69, 9.17) is 0 Å². The Balaban J connectivity index is 1.57. The topological polar surface area (TPSA) is 42.3 Å². The summed E-state index contributed by atoms with van der Waals surface area (Å²) in [5, 5.41) is -0.283. The van der Waals surface area contributed by atoms with Crippen molar-refractivity contribution < 1.29 is 22.8 Å². The quantitative estimate of drug-likeness (QED) is 0.545. The van der Waals surface area contributed by atoms with Crippen molar-refractivity contribution in [3.63, 3.8) is 0 Å². The third-order valence-corrected chi connectivity index (χ3v) is 6.46. The summed E-state index contributed by atoms with van der Waals surface area (Å²) < 4.78 is 40.7. The average molecular weight is 434 g/mol. The summed E-state index contributed by atoms with van der Waals surface area (Å²) in [7, 11) is 0. The van der Waals surface area contributed by atoms with Gasteiger partial charge in [0.05, 0.1) is 10.5 Å². The third kappa shape index (κ3) is 4.33. The van der Waals surface area contributed by atoms with E-state index in [1.165, 1.54) is 17.4 Å². The number of hydrogen-bond acceptors (Lipinski definition) is 3. The molecule has 2 heterocycles. The van der Waals surface area contributed by atoms with E-state index in [0.717, 1.165) is 49.6 Å². The van der Waals surface area contributed by atoms with Crippen LogP contribution < -0.4 is 0 Å². The summed E-state index contributed by atoms with van der Waals surface area (Å²) in [6.45, 7) is 0.441. The number of rotatable bonds is 4. The van der Waals surface area contributed by atoms with E-state index in [9.17, 15) is 22.8 Å². The van der Waals surface area contributed by atoms with Gasteiger partial charge in [-0.2, -0.15) is 13.2 Å². The number of amides is 2. The molecule has 0 N–H and O–H groups in total. The normalized spacial score (nSPS) is 19.8. The van der Waals surface area contributed by atoms with Crippen LogP contribution in [-0.4, -0.2) is 27.2 Å². The molecule has 0 radical (unpaired) electrons. The van der Waals surface area contributed by atoms with Crippen LogP contribution in [0, 0.1) is 5.92 Å². The van der Waals surface area contributed by atoms with E-state index in [1.54, 1.807) is 35.0 Å². The lowest BCUT2D eigenvalue weighted by molar-refractivity contribution is -0.137. The second-order valence-electron chi connectivity index (χ2n) is 7.65. The number of alkyl halides is 3. The fourth-order valence-corrected chi connectivity index (χ4v) is 4.83. The van der Waals surface area contributed by atoms with Gasteiger partial charge in [0.25, 0.3) is 11.1 Å². The van der Waals surface area contributed by atoms with Gasteiger partial charge in [-0.25, -0.2) is 0 Å². The number of nitrogens with zero attached hydrogens (tertiary/aromatic N) is 2. The van der Waals surface area contributed by atoms with Crippen LogP contribution in [-0.2, 0) is 11.0 Å². The van der Waals surface area contributed by atoms with Crippen molar-refractivity contribution in [2.24, 2.45) is 5.92 Å². The van der Waals surface area contributed by atoms with Crippen molar-refractivity contribution in [1.29, 1.82) is 0 Å². The second kappa shape index (κ2) is 8.34. The number of halogens is 3. The minimum Gasteiger partial charge on any atom is -0.317 e. The van der Waals surface area contributed by atoms with Crippen LogP contribution in [0.5, 0.6) is 0 Å². The molecule has 1 aliphatic carbocycles. The van der Waals surface area contributed by atoms with E-state index in [2.05, 4.69) is 0 Å². The first-order chi connectivity index (χ1) is 14.3. The number of benzene rings is 1. The maximum Gasteiger partial charge on any atom is 0.416 e. The van der Waals surface area contributed by atoms with Crippen molar-refractivity contribution in [2.45, 2.75) is 38.3 Å². The van der Waals surface area contributed by atoms with Crippen LogP contribution >= 0.6 is 11.8 Å². The van der Waals surface area contributed by atoms with Crippen LogP contribution in [0.4, 0.5) is 18.0 Å². The Morgan fingerprint density at radius 1 is 1.07 bits per heavy atom. The molecule has 4 nitrogen and oxygen atoms in total. The molecular weight excluding hydrogens is 413 g/mol. The third-order valence-electron chi connectivity index (χ3n) is 5.55. The van der Waals surface area contributed by atoms with Crippen LogP contribution in [0.1, 0.15) is 43.4 Å². The van der Waals surface area contributed by atoms with Gasteiger partial charge in [0.15, 0.2) is 0 Å². The fraction of sp³-hybridized carbons (Fsp3) is 0.364. The minimum atomic E-state index is -4.44. The number of thioether (sulfide) groups is 1. The van der Waals surface area contributed by atoms with E-state index in [-0.39, 0.29) is 11.1 Å². The molecule has 30 heavy (non-hydrogen) atoms. The largest absolute Gasteiger partial charge is 0.416 e. The molecule has 0 spiro atoms. The van der Waals surface area contributed by atoms with Crippen molar-refractivity contribution >= 4 is 29.0 Å². The van der Waals surface area contributed by atoms with Crippen LogP contribution in [0.25, 0.3) is 11.8 Å².